The van der Waals surface area contributed by atoms with Crippen molar-refractivity contribution in [2.45, 2.75) is 25.8 Å². The molecule has 0 spiro atoms. The maximum atomic E-state index is 13.0. The van der Waals surface area contributed by atoms with Gasteiger partial charge >= 0.3 is 0 Å². The molecule has 0 saturated carbocycles. The highest BCUT2D eigenvalue weighted by Crippen LogP contribution is 2.25. The number of aromatic nitrogens is 3. The summed E-state index contributed by atoms with van der Waals surface area (Å²) < 4.78 is 5.37. The van der Waals surface area contributed by atoms with Crippen LogP contribution in [0.15, 0.2) is 60.9 Å². The average molecular weight is 470 g/mol. The van der Waals surface area contributed by atoms with Crippen molar-refractivity contribution in [2.24, 2.45) is 0 Å². The van der Waals surface area contributed by atoms with Crippen LogP contribution in [-0.4, -0.2) is 52.1 Å². The Bertz CT molecular complexity index is 1380. The first-order chi connectivity index (χ1) is 17.1. The Morgan fingerprint density at radius 2 is 2.03 bits per heavy atom. The minimum Gasteiger partial charge on any atom is -0.496 e. The van der Waals surface area contributed by atoms with Gasteiger partial charge < -0.3 is 15.0 Å². The van der Waals surface area contributed by atoms with Gasteiger partial charge in [0, 0.05) is 36.8 Å². The van der Waals surface area contributed by atoms with Gasteiger partial charge in [-0.25, -0.2) is 4.98 Å². The van der Waals surface area contributed by atoms with E-state index < -0.39 is 0 Å². The second-order valence-corrected chi connectivity index (χ2v) is 8.65. The molecule has 0 saturated heterocycles. The second kappa shape index (κ2) is 9.97. The third-order valence-electron chi connectivity index (χ3n) is 6.44. The standard InChI is InChI=1S/C27H27N5O3/c1-35-24-8-3-2-6-19(24)9-11-28-27(34)20-7-4-5-18(13-20)14-25(33)32-12-10-22-21(17-32)15-29-26-23(22)16-30-31-26/h2-8,13,15-16H,9-12,14,17H2,1H3,(H,28,34)(H,29,30,31). The quantitative estimate of drug-likeness (QED) is 0.433. The number of ether oxygens (including phenoxy) is 1. The number of nitrogens with one attached hydrogen (secondary N) is 2. The van der Waals surface area contributed by atoms with Crippen LogP contribution in [-0.2, 0) is 30.6 Å². The van der Waals surface area contributed by atoms with Gasteiger partial charge in [0.05, 0.1) is 19.7 Å². The summed E-state index contributed by atoms with van der Waals surface area (Å²) in [6.45, 7) is 1.68. The molecule has 1 aliphatic rings. The number of rotatable bonds is 7. The molecule has 2 aromatic heterocycles. The Morgan fingerprint density at radius 1 is 1.14 bits per heavy atom. The van der Waals surface area contributed by atoms with Crippen LogP contribution in [0.25, 0.3) is 11.0 Å². The highest BCUT2D eigenvalue weighted by molar-refractivity contribution is 5.94. The number of amides is 2. The summed E-state index contributed by atoms with van der Waals surface area (Å²) >= 11 is 0. The van der Waals surface area contributed by atoms with Crippen molar-refractivity contribution in [3.05, 3.63) is 88.7 Å². The fourth-order valence-corrected chi connectivity index (χ4v) is 4.60. The van der Waals surface area contributed by atoms with E-state index in [9.17, 15) is 9.59 Å². The van der Waals surface area contributed by atoms with Crippen LogP contribution in [0.5, 0.6) is 5.75 Å². The molecule has 2 amide bonds. The molecule has 0 unspecified atom stereocenters. The van der Waals surface area contributed by atoms with E-state index in [1.807, 2.05) is 47.5 Å². The number of H-pyrrole nitrogens is 1. The normalized spacial score (nSPS) is 12.9. The Hall–Kier alpha value is -4.20. The van der Waals surface area contributed by atoms with Crippen LogP contribution in [0.3, 0.4) is 0 Å². The number of fused-ring (bicyclic) bond motifs is 3. The van der Waals surface area contributed by atoms with Gasteiger partial charge in [-0.1, -0.05) is 30.3 Å². The lowest BCUT2D eigenvalue weighted by atomic mass is 9.98. The van der Waals surface area contributed by atoms with Crippen LogP contribution < -0.4 is 10.1 Å². The summed E-state index contributed by atoms with van der Waals surface area (Å²) in [7, 11) is 1.64. The molecular formula is C27H27N5O3. The smallest absolute Gasteiger partial charge is 0.251 e. The molecule has 0 radical (unpaired) electrons. The lowest BCUT2D eigenvalue weighted by Gasteiger charge is -2.29. The van der Waals surface area contributed by atoms with E-state index in [0.717, 1.165) is 39.9 Å². The Balaban J connectivity index is 1.19. The molecule has 4 aromatic rings. The molecule has 35 heavy (non-hydrogen) atoms. The summed E-state index contributed by atoms with van der Waals surface area (Å²) in [5.41, 5.74) is 5.46. The molecule has 2 N–H and O–H groups in total. The Morgan fingerprint density at radius 3 is 2.91 bits per heavy atom. The zero-order valence-electron chi connectivity index (χ0n) is 19.6. The number of carbonyl (C=O) groups is 2. The number of hydrogen-bond donors (Lipinski definition) is 2. The lowest BCUT2D eigenvalue weighted by molar-refractivity contribution is -0.131. The van der Waals surface area contributed by atoms with Gasteiger partial charge in [-0.3, -0.25) is 14.7 Å². The number of hydrogen-bond acceptors (Lipinski definition) is 5. The van der Waals surface area contributed by atoms with Gasteiger partial charge in [-0.15, -0.1) is 0 Å². The highest BCUT2D eigenvalue weighted by Gasteiger charge is 2.23. The molecule has 8 heteroatoms. The van der Waals surface area contributed by atoms with Crippen LogP contribution in [0.4, 0.5) is 0 Å². The first-order valence-electron chi connectivity index (χ1n) is 11.7. The van der Waals surface area contributed by atoms with Crippen LogP contribution in [0.1, 0.15) is 32.6 Å². The van der Waals surface area contributed by atoms with Crippen molar-refractivity contribution in [2.75, 3.05) is 20.2 Å². The van der Waals surface area contributed by atoms with E-state index in [0.29, 0.717) is 31.6 Å². The van der Waals surface area contributed by atoms with E-state index in [-0.39, 0.29) is 18.2 Å². The SMILES string of the molecule is COc1ccccc1CCNC(=O)c1cccc(CC(=O)N2CCc3c(cnc4[nH]ncc34)C2)c1. The molecule has 3 heterocycles. The van der Waals surface area contributed by atoms with E-state index in [1.54, 1.807) is 25.4 Å². The largest absolute Gasteiger partial charge is 0.496 e. The van der Waals surface area contributed by atoms with E-state index in [1.165, 1.54) is 5.56 Å². The summed E-state index contributed by atoms with van der Waals surface area (Å²) in [5, 5.41) is 11.0. The zero-order valence-corrected chi connectivity index (χ0v) is 19.6. The molecule has 0 fully saturated rings. The number of nitrogens with zero attached hydrogens (tertiary/aromatic N) is 3. The van der Waals surface area contributed by atoms with Crippen molar-refractivity contribution in [3.8, 4) is 5.75 Å². The minimum absolute atomic E-state index is 0.0386. The number of aromatic amines is 1. The summed E-state index contributed by atoms with van der Waals surface area (Å²) in [6.07, 6.45) is 5.31. The van der Waals surface area contributed by atoms with Crippen molar-refractivity contribution in [3.63, 3.8) is 0 Å². The maximum absolute atomic E-state index is 13.0. The van der Waals surface area contributed by atoms with Crippen molar-refractivity contribution in [1.82, 2.24) is 25.4 Å². The molecule has 2 aromatic carbocycles. The lowest BCUT2D eigenvalue weighted by Crippen LogP contribution is -2.37. The number of methoxy groups -OCH3 is 1. The number of benzene rings is 2. The van der Waals surface area contributed by atoms with Gasteiger partial charge in [0.15, 0.2) is 5.65 Å². The van der Waals surface area contributed by atoms with Gasteiger partial charge in [0.1, 0.15) is 5.75 Å². The van der Waals surface area contributed by atoms with Crippen LogP contribution in [0.2, 0.25) is 0 Å². The van der Waals surface area contributed by atoms with Crippen molar-refractivity contribution in [1.29, 1.82) is 0 Å². The van der Waals surface area contributed by atoms with Crippen molar-refractivity contribution < 1.29 is 14.3 Å². The topological polar surface area (TPSA) is 100 Å². The second-order valence-electron chi connectivity index (χ2n) is 8.65. The van der Waals surface area contributed by atoms with Crippen molar-refractivity contribution >= 4 is 22.8 Å². The average Bonchev–Trinajstić information content (AvgIpc) is 3.38. The predicted octanol–water partition coefficient (Wildman–Crippen LogP) is 3.07. The van der Waals surface area contributed by atoms with Gasteiger partial charge in [-0.2, -0.15) is 5.10 Å². The fraction of sp³-hybridized carbons (Fsp3) is 0.259. The molecule has 1 aliphatic heterocycles. The van der Waals surface area contributed by atoms with Gasteiger partial charge in [0.25, 0.3) is 5.91 Å². The fourth-order valence-electron chi connectivity index (χ4n) is 4.60. The zero-order chi connectivity index (χ0) is 24.2. The monoisotopic (exact) mass is 469 g/mol. The van der Waals surface area contributed by atoms with E-state index in [2.05, 4.69) is 20.5 Å². The van der Waals surface area contributed by atoms with Gasteiger partial charge in [-0.05, 0) is 53.3 Å². The highest BCUT2D eigenvalue weighted by atomic mass is 16.5. The molecule has 0 bridgehead atoms. The molecule has 8 nitrogen and oxygen atoms in total. The number of para-hydroxylation sites is 1. The molecule has 5 rings (SSSR count). The number of carbonyl (C=O) groups excluding carboxylic acids is 2. The molecule has 178 valence electrons. The molecule has 0 aliphatic carbocycles. The van der Waals surface area contributed by atoms with Crippen LogP contribution in [0, 0.1) is 0 Å². The number of pyridine rings is 1. The first-order valence-corrected chi connectivity index (χ1v) is 11.7. The van der Waals surface area contributed by atoms with E-state index >= 15 is 0 Å². The maximum Gasteiger partial charge on any atom is 0.251 e. The summed E-state index contributed by atoms with van der Waals surface area (Å²) in [4.78, 5) is 32.0. The Labute approximate surface area is 203 Å². The first kappa shape index (κ1) is 22.6. The minimum atomic E-state index is -0.156. The predicted molar refractivity (Wildman–Crippen MR) is 132 cm³/mol. The summed E-state index contributed by atoms with van der Waals surface area (Å²) in [5.74, 6) is 0.695. The third-order valence-corrected chi connectivity index (χ3v) is 6.44. The molecule has 0 atom stereocenters. The Kier molecular flexibility index (Phi) is 6.43. The van der Waals surface area contributed by atoms with Gasteiger partial charge in [0.2, 0.25) is 5.91 Å². The summed E-state index contributed by atoms with van der Waals surface area (Å²) in [6, 6.07) is 15.1. The molecular weight excluding hydrogens is 442 g/mol. The van der Waals surface area contributed by atoms with E-state index in [4.69, 9.17) is 4.74 Å². The van der Waals surface area contributed by atoms with Crippen LogP contribution >= 0.6 is 0 Å². The third kappa shape index (κ3) is 4.87.